The number of ether oxygens (including phenoxy) is 1. The maximum Gasteiger partial charge on any atom is 0.303 e. The van der Waals surface area contributed by atoms with Crippen LogP contribution >= 0.6 is 0 Å². The summed E-state index contributed by atoms with van der Waals surface area (Å²) in [4.78, 5) is 22.0. The Morgan fingerprint density at radius 2 is 1.68 bits per heavy atom. The van der Waals surface area contributed by atoms with Crippen molar-refractivity contribution in [3.8, 4) is 5.75 Å². The lowest BCUT2D eigenvalue weighted by atomic mass is 10.1. The summed E-state index contributed by atoms with van der Waals surface area (Å²) in [6, 6.07) is 15.8. The molecule has 0 unspecified atom stereocenters. The third kappa shape index (κ3) is 6.30. The molecule has 2 rings (SSSR count). The Hall–Kier alpha value is -2.82. The molecular formula is C20H23NO4. The number of amides is 1. The van der Waals surface area contributed by atoms with Gasteiger partial charge in [-0.1, -0.05) is 42.5 Å². The molecule has 0 aliphatic rings. The monoisotopic (exact) mass is 341 g/mol. The zero-order valence-corrected chi connectivity index (χ0v) is 14.3. The van der Waals surface area contributed by atoms with Crippen molar-refractivity contribution >= 4 is 11.9 Å². The minimum atomic E-state index is -0.967. The fraction of sp³-hybridized carbons (Fsp3) is 0.300. The van der Waals surface area contributed by atoms with Crippen molar-refractivity contribution in [1.82, 2.24) is 5.32 Å². The first-order valence-electron chi connectivity index (χ1n) is 8.30. The predicted octanol–water partition coefficient (Wildman–Crippen LogP) is 3.10. The number of hydrogen-bond donors (Lipinski definition) is 2. The van der Waals surface area contributed by atoms with Gasteiger partial charge in [0.2, 0.25) is 5.91 Å². The lowest BCUT2D eigenvalue weighted by Gasteiger charge is -2.13. The molecule has 25 heavy (non-hydrogen) atoms. The van der Waals surface area contributed by atoms with E-state index in [4.69, 9.17) is 9.84 Å². The van der Waals surface area contributed by atoms with E-state index in [2.05, 4.69) is 18.3 Å². The Balaban J connectivity index is 1.86. The summed E-state index contributed by atoms with van der Waals surface area (Å²) in [5.74, 6) is -0.420. The van der Waals surface area contributed by atoms with Crippen LogP contribution in [0.2, 0.25) is 0 Å². The number of benzene rings is 2. The summed E-state index contributed by atoms with van der Waals surface area (Å²) in [5.41, 5.74) is 3.33. The molecule has 2 aromatic rings. The van der Waals surface area contributed by atoms with Crippen molar-refractivity contribution in [3.05, 3.63) is 65.2 Å². The number of carboxylic acids is 1. The highest BCUT2D eigenvalue weighted by Crippen LogP contribution is 2.20. The highest BCUT2D eigenvalue weighted by molar-refractivity contribution is 5.80. The summed E-state index contributed by atoms with van der Waals surface area (Å²) >= 11 is 0. The molecule has 0 bridgehead atoms. The van der Waals surface area contributed by atoms with Crippen LogP contribution in [-0.4, -0.2) is 23.5 Å². The highest BCUT2D eigenvalue weighted by Gasteiger charge is 2.07. The van der Waals surface area contributed by atoms with Crippen LogP contribution in [0.3, 0.4) is 0 Å². The Morgan fingerprint density at radius 1 is 1.00 bits per heavy atom. The molecule has 0 aromatic heterocycles. The number of nitrogens with one attached hydrogen (secondary N) is 1. The molecule has 2 N–H and O–H groups in total. The van der Waals surface area contributed by atoms with Crippen LogP contribution in [-0.2, 0) is 22.6 Å². The molecule has 0 saturated carbocycles. The molecule has 5 nitrogen and oxygen atoms in total. The Bertz CT molecular complexity index is 727. The zero-order chi connectivity index (χ0) is 18.1. The number of rotatable bonds is 9. The van der Waals surface area contributed by atoms with Gasteiger partial charge in [0.15, 0.2) is 0 Å². The number of aliphatic carboxylic acids is 1. The van der Waals surface area contributed by atoms with Crippen LogP contribution in [0.25, 0.3) is 0 Å². The van der Waals surface area contributed by atoms with Crippen molar-refractivity contribution in [1.29, 1.82) is 0 Å². The van der Waals surface area contributed by atoms with Gasteiger partial charge in [0.1, 0.15) is 12.4 Å². The Labute approximate surface area is 147 Å². The second-order valence-corrected chi connectivity index (χ2v) is 5.82. The van der Waals surface area contributed by atoms with Crippen LogP contribution in [0.5, 0.6) is 5.75 Å². The average molecular weight is 341 g/mol. The van der Waals surface area contributed by atoms with Gasteiger partial charge in [-0.05, 0) is 36.1 Å². The Kier molecular flexibility index (Phi) is 7.01. The van der Waals surface area contributed by atoms with Gasteiger partial charge >= 0.3 is 5.97 Å². The second kappa shape index (κ2) is 9.47. The molecule has 0 spiro atoms. The van der Waals surface area contributed by atoms with Gasteiger partial charge in [0.05, 0.1) is 6.42 Å². The SMILES string of the molecule is Cc1ccccc1COc1ccccc1CCNC(=O)CCC(=O)O. The van der Waals surface area contributed by atoms with Crippen molar-refractivity contribution in [2.75, 3.05) is 6.54 Å². The van der Waals surface area contributed by atoms with Gasteiger partial charge in [-0.25, -0.2) is 0 Å². The van der Waals surface area contributed by atoms with E-state index < -0.39 is 5.97 Å². The molecule has 0 radical (unpaired) electrons. The molecule has 0 heterocycles. The minimum absolute atomic E-state index is 0.000758. The van der Waals surface area contributed by atoms with E-state index in [1.165, 1.54) is 5.56 Å². The van der Waals surface area contributed by atoms with E-state index in [1.807, 2.05) is 42.5 Å². The maximum absolute atomic E-state index is 11.6. The van der Waals surface area contributed by atoms with Gasteiger partial charge < -0.3 is 15.2 Å². The molecule has 0 aliphatic carbocycles. The van der Waals surface area contributed by atoms with E-state index in [0.717, 1.165) is 16.9 Å². The fourth-order valence-electron chi connectivity index (χ4n) is 2.42. The minimum Gasteiger partial charge on any atom is -0.489 e. The summed E-state index contributed by atoms with van der Waals surface area (Å²) in [5, 5.41) is 11.3. The number of aryl methyl sites for hydroxylation is 1. The molecular weight excluding hydrogens is 318 g/mol. The van der Waals surface area contributed by atoms with Gasteiger partial charge in [0, 0.05) is 13.0 Å². The van der Waals surface area contributed by atoms with Crippen molar-refractivity contribution in [2.45, 2.75) is 32.8 Å². The molecule has 2 aromatic carbocycles. The molecule has 5 heteroatoms. The number of hydrogen-bond acceptors (Lipinski definition) is 3. The topological polar surface area (TPSA) is 75.6 Å². The van der Waals surface area contributed by atoms with Crippen LogP contribution in [0.15, 0.2) is 48.5 Å². The molecule has 0 atom stereocenters. The first-order chi connectivity index (χ1) is 12.1. The van der Waals surface area contributed by atoms with Crippen LogP contribution in [0.1, 0.15) is 29.5 Å². The molecule has 0 aliphatic heterocycles. The summed E-state index contributed by atoms with van der Waals surface area (Å²) in [6.07, 6.45) is 0.478. The first-order valence-corrected chi connectivity index (χ1v) is 8.30. The first kappa shape index (κ1) is 18.5. The van der Waals surface area contributed by atoms with E-state index in [1.54, 1.807) is 0 Å². The molecule has 1 amide bonds. The molecule has 0 fully saturated rings. The maximum atomic E-state index is 11.6. The van der Waals surface area contributed by atoms with E-state index in [9.17, 15) is 9.59 Å². The number of carbonyl (C=O) groups is 2. The molecule has 132 valence electrons. The lowest BCUT2D eigenvalue weighted by Crippen LogP contribution is -2.26. The zero-order valence-electron chi connectivity index (χ0n) is 14.3. The summed E-state index contributed by atoms with van der Waals surface area (Å²) < 4.78 is 5.95. The van der Waals surface area contributed by atoms with E-state index in [0.29, 0.717) is 19.6 Å². The van der Waals surface area contributed by atoms with Crippen molar-refractivity contribution in [2.24, 2.45) is 0 Å². The second-order valence-electron chi connectivity index (χ2n) is 5.82. The highest BCUT2D eigenvalue weighted by atomic mass is 16.5. The summed E-state index contributed by atoms with van der Waals surface area (Å²) in [6.45, 7) is 3.00. The van der Waals surface area contributed by atoms with Crippen molar-refractivity contribution in [3.63, 3.8) is 0 Å². The normalized spacial score (nSPS) is 10.3. The van der Waals surface area contributed by atoms with Gasteiger partial charge in [0.25, 0.3) is 0 Å². The third-order valence-electron chi connectivity index (χ3n) is 3.90. The smallest absolute Gasteiger partial charge is 0.303 e. The van der Waals surface area contributed by atoms with E-state index >= 15 is 0 Å². The number of para-hydroxylation sites is 1. The van der Waals surface area contributed by atoms with Crippen molar-refractivity contribution < 1.29 is 19.4 Å². The Morgan fingerprint density at radius 3 is 2.40 bits per heavy atom. The largest absolute Gasteiger partial charge is 0.489 e. The van der Waals surface area contributed by atoms with E-state index in [-0.39, 0.29) is 18.7 Å². The third-order valence-corrected chi connectivity index (χ3v) is 3.90. The molecule has 0 saturated heterocycles. The van der Waals surface area contributed by atoms with Gasteiger partial charge in [-0.3, -0.25) is 9.59 Å². The predicted molar refractivity (Wildman–Crippen MR) is 95.5 cm³/mol. The van der Waals surface area contributed by atoms with Crippen LogP contribution < -0.4 is 10.1 Å². The summed E-state index contributed by atoms with van der Waals surface area (Å²) in [7, 11) is 0. The standard InChI is InChI=1S/C20H23NO4/c1-15-6-2-3-8-17(15)14-25-18-9-5-4-7-16(18)12-13-21-19(22)10-11-20(23)24/h2-9H,10-14H2,1H3,(H,21,22)(H,23,24). The quantitative estimate of drug-likeness (QED) is 0.735. The lowest BCUT2D eigenvalue weighted by molar-refractivity contribution is -0.138. The average Bonchev–Trinajstić information content (AvgIpc) is 2.60. The fourth-order valence-corrected chi connectivity index (χ4v) is 2.42. The van der Waals surface area contributed by atoms with Crippen LogP contribution in [0, 0.1) is 6.92 Å². The van der Waals surface area contributed by atoms with Gasteiger partial charge in [-0.2, -0.15) is 0 Å². The number of carbonyl (C=O) groups excluding carboxylic acids is 1. The number of carboxylic acid groups (broad SMARTS) is 1. The van der Waals surface area contributed by atoms with Crippen LogP contribution in [0.4, 0.5) is 0 Å². The van der Waals surface area contributed by atoms with Gasteiger partial charge in [-0.15, -0.1) is 0 Å².